The molecule has 0 spiro atoms. The maximum Gasteiger partial charge on any atom is 0.271 e. The quantitative estimate of drug-likeness (QED) is 0.654. The van der Waals surface area contributed by atoms with Crippen LogP contribution < -0.4 is 5.32 Å². The Morgan fingerprint density at radius 2 is 1.84 bits per heavy atom. The van der Waals surface area contributed by atoms with Crippen molar-refractivity contribution in [3.63, 3.8) is 0 Å². The fourth-order valence-electron chi connectivity index (χ4n) is 2.00. The van der Waals surface area contributed by atoms with Crippen molar-refractivity contribution in [2.24, 2.45) is 0 Å². The summed E-state index contributed by atoms with van der Waals surface area (Å²) in [4.78, 5) is 10.3. The number of aryl methyl sites for hydroxylation is 1. The molecule has 0 saturated carbocycles. The molecule has 0 aliphatic heterocycles. The Morgan fingerprint density at radius 3 is 2.53 bits per heavy atom. The monoisotopic (exact) mass is 256 g/mol. The lowest BCUT2D eigenvalue weighted by atomic mass is 10.1. The molecule has 0 bridgehead atoms. The van der Waals surface area contributed by atoms with E-state index in [9.17, 15) is 10.1 Å². The predicted molar refractivity (Wildman–Crippen MR) is 76.2 cm³/mol. The van der Waals surface area contributed by atoms with E-state index >= 15 is 0 Å². The maximum absolute atomic E-state index is 10.7. The van der Waals surface area contributed by atoms with E-state index in [0.29, 0.717) is 6.54 Å². The Kier molecular flexibility index (Phi) is 4.13. The molecule has 0 amide bonds. The van der Waals surface area contributed by atoms with E-state index in [4.69, 9.17) is 0 Å². The van der Waals surface area contributed by atoms with Gasteiger partial charge in [-0.1, -0.05) is 37.3 Å². The van der Waals surface area contributed by atoms with Gasteiger partial charge in [0.05, 0.1) is 4.92 Å². The Labute approximate surface area is 112 Å². The minimum absolute atomic E-state index is 0.105. The van der Waals surface area contributed by atoms with Gasteiger partial charge in [-0.2, -0.15) is 0 Å². The van der Waals surface area contributed by atoms with Gasteiger partial charge in [-0.3, -0.25) is 10.1 Å². The van der Waals surface area contributed by atoms with Crippen LogP contribution in [0.2, 0.25) is 0 Å². The second-order valence-electron chi connectivity index (χ2n) is 4.28. The zero-order valence-electron chi connectivity index (χ0n) is 10.8. The van der Waals surface area contributed by atoms with Crippen LogP contribution in [0.4, 0.5) is 11.4 Å². The van der Waals surface area contributed by atoms with Crippen LogP contribution in [0, 0.1) is 10.1 Å². The van der Waals surface area contributed by atoms with Gasteiger partial charge in [0.25, 0.3) is 5.69 Å². The van der Waals surface area contributed by atoms with E-state index < -0.39 is 0 Å². The molecule has 0 atom stereocenters. The van der Waals surface area contributed by atoms with Crippen LogP contribution in [0.5, 0.6) is 0 Å². The zero-order chi connectivity index (χ0) is 13.7. The second kappa shape index (κ2) is 6.00. The van der Waals surface area contributed by atoms with Gasteiger partial charge in [0.15, 0.2) is 0 Å². The molecule has 4 heteroatoms. The Balaban J connectivity index is 2.10. The van der Waals surface area contributed by atoms with Gasteiger partial charge in [0.2, 0.25) is 0 Å². The summed E-state index contributed by atoms with van der Waals surface area (Å²) < 4.78 is 0. The first kappa shape index (κ1) is 13.1. The summed E-state index contributed by atoms with van der Waals surface area (Å²) in [6.07, 6.45) is 0.979. The van der Waals surface area contributed by atoms with Crippen LogP contribution in [-0.4, -0.2) is 4.92 Å². The molecule has 0 fully saturated rings. The average Bonchev–Trinajstić information content (AvgIpc) is 2.45. The summed E-state index contributed by atoms with van der Waals surface area (Å²) >= 11 is 0. The van der Waals surface area contributed by atoms with Crippen LogP contribution >= 0.6 is 0 Å². The van der Waals surface area contributed by atoms with Crippen molar-refractivity contribution < 1.29 is 4.92 Å². The molecule has 0 aliphatic carbocycles. The molecule has 98 valence electrons. The summed E-state index contributed by atoms with van der Waals surface area (Å²) in [7, 11) is 0. The summed E-state index contributed by atoms with van der Waals surface area (Å²) in [5.74, 6) is 0. The number of nitro benzene ring substituents is 1. The van der Waals surface area contributed by atoms with Crippen LogP contribution in [0.1, 0.15) is 18.1 Å². The number of nitrogens with one attached hydrogen (secondary N) is 1. The molecule has 4 nitrogen and oxygen atoms in total. The molecule has 1 N–H and O–H groups in total. The molecule has 0 radical (unpaired) electrons. The largest absolute Gasteiger partial charge is 0.381 e. The van der Waals surface area contributed by atoms with Crippen LogP contribution in [0.15, 0.2) is 48.5 Å². The number of hydrogen-bond donors (Lipinski definition) is 1. The number of nitrogens with zero attached hydrogens (tertiary/aromatic N) is 1. The highest BCUT2D eigenvalue weighted by atomic mass is 16.6. The predicted octanol–water partition coefficient (Wildman–Crippen LogP) is 3.77. The zero-order valence-corrected chi connectivity index (χ0v) is 10.8. The molecule has 19 heavy (non-hydrogen) atoms. The van der Waals surface area contributed by atoms with Gasteiger partial charge in [0.1, 0.15) is 0 Å². The highest BCUT2D eigenvalue weighted by Gasteiger charge is 2.05. The smallest absolute Gasteiger partial charge is 0.271 e. The Hall–Kier alpha value is -2.36. The van der Waals surface area contributed by atoms with Gasteiger partial charge in [-0.25, -0.2) is 0 Å². The van der Waals surface area contributed by atoms with Crippen molar-refractivity contribution in [3.05, 3.63) is 69.8 Å². The van der Waals surface area contributed by atoms with E-state index in [1.807, 2.05) is 18.2 Å². The number of benzene rings is 2. The molecule has 0 unspecified atom stereocenters. The second-order valence-corrected chi connectivity index (χ2v) is 4.28. The summed E-state index contributed by atoms with van der Waals surface area (Å²) in [5, 5.41) is 13.9. The van der Waals surface area contributed by atoms with Crippen molar-refractivity contribution >= 4 is 11.4 Å². The third-order valence-electron chi connectivity index (χ3n) is 3.04. The molecule has 2 rings (SSSR count). The molecule has 0 aliphatic rings. The third-order valence-corrected chi connectivity index (χ3v) is 3.04. The number of hydrogen-bond acceptors (Lipinski definition) is 3. The van der Waals surface area contributed by atoms with E-state index in [-0.39, 0.29) is 10.6 Å². The standard InChI is InChI=1S/C15H16N2O2/c1-2-12-6-3-4-7-13(12)11-16-14-8-5-9-15(10-14)17(18)19/h3-10,16H,2,11H2,1H3. The fourth-order valence-corrected chi connectivity index (χ4v) is 2.00. The minimum Gasteiger partial charge on any atom is -0.381 e. The van der Waals surface area contributed by atoms with Gasteiger partial charge < -0.3 is 5.32 Å². The van der Waals surface area contributed by atoms with E-state index in [1.54, 1.807) is 12.1 Å². The van der Waals surface area contributed by atoms with E-state index in [2.05, 4.69) is 24.4 Å². The van der Waals surface area contributed by atoms with Crippen molar-refractivity contribution in [2.75, 3.05) is 5.32 Å². The number of nitro groups is 1. The van der Waals surface area contributed by atoms with Gasteiger partial charge in [0, 0.05) is 24.4 Å². The van der Waals surface area contributed by atoms with Crippen molar-refractivity contribution in [2.45, 2.75) is 19.9 Å². The first-order valence-electron chi connectivity index (χ1n) is 6.26. The highest BCUT2D eigenvalue weighted by Crippen LogP contribution is 2.18. The third kappa shape index (κ3) is 3.31. The van der Waals surface area contributed by atoms with Crippen LogP contribution in [0.3, 0.4) is 0 Å². The SMILES string of the molecule is CCc1ccccc1CNc1cccc([N+](=O)[O-])c1. The molecular formula is C15H16N2O2. The van der Waals surface area contributed by atoms with Crippen LogP contribution in [0.25, 0.3) is 0 Å². The Bertz CT molecular complexity index is 582. The van der Waals surface area contributed by atoms with Crippen molar-refractivity contribution in [1.82, 2.24) is 0 Å². The Morgan fingerprint density at radius 1 is 1.11 bits per heavy atom. The lowest BCUT2D eigenvalue weighted by molar-refractivity contribution is -0.384. The minimum atomic E-state index is -0.384. The molecular weight excluding hydrogens is 240 g/mol. The van der Waals surface area contributed by atoms with Crippen LogP contribution in [-0.2, 0) is 13.0 Å². The maximum atomic E-state index is 10.7. The summed E-state index contributed by atoms with van der Waals surface area (Å²) in [6, 6.07) is 14.8. The fraction of sp³-hybridized carbons (Fsp3) is 0.200. The lowest BCUT2D eigenvalue weighted by Crippen LogP contribution is -2.02. The van der Waals surface area contributed by atoms with Gasteiger partial charge >= 0.3 is 0 Å². The van der Waals surface area contributed by atoms with Crippen molar-refractivity contribution in [1.29, 1.82) is 0 Å². The molecule has 0 aromatic heterocycles. The average molecular weight is 256 g/mol. The number of non-ortho nitro benzene ring substituents is 1. The normalized spacial score (nSPS) is 10.2. The lowest BCUT2D eigenvalue weighted by Gasteiger charge is -2.10. The topological polar surface area (TPSA) is 55.2 Å². The number of anilines is 1. The van der Waals surface area contributed by atoms with Gasteiger partial charge in [-0.15, -0.1) is 0 Å². The molecule has 2 aromatic carbocycles. The first-order valence-corrected chi connectivity index (χ1v) is 6.26. The molecule has 0 saturated heterocycles. The van der Waals surface area contributed by atoms with E-state index in [1.165, 1.54) is 17.2 Å². The number of rotatable bonds is 5. The van der Waals surface area contributed by atoms with Gasteiger partial charge in [-0.05, 0) is 23.6 Å². The van der Waals surface area contributed by atoms with Crippen molar-refractivity contribution in [3.8, 4) is 0 Å². The summed E-state index contributed by atoms with van der Waals surface area (Å²) in [5.41, 5.74) is 3.38. The first-order chi connectivity index (χ1) is 9.20. The molecule has 2 aromatic rings. The molecule has 0 heterocycles. The summed E-state index contributed by atoms with van der Waals surface area (Å²) in [6.45, 7) is 2.79. The van der Waals surface area contributed by atoms with E-state index in [0.717, 1.165) is 12.1 Å². The highest BCUT2D eigenvalue weighted by molar-refractivity contribution is 5.51.